The first-order valence-corrected chi connectivity index (χ1v) is 7.27. The zero-order chi connectivity index (χ0) is 16.0. The van der Waals surface area contributed by atoms with Crippen molar-refractivity contribution in [3.8, 4) is 0 Å². The summed E-state index contributed by atoms with van der Waals surface area (Å²) in [6.07, 6.45) is 0.102. The number of nitrogens with one attached hydrogen (secondary N) is 2. The molecule has 0 aliphatic carbocycles. The molecule has 0 saturated carbocycles. The van der Waals surface area contributed by atoms with Crippen LogP contribution in [-0.2, 0) is 9.59 Å². The van der Waals surface area contributed by atoms with Gasteiger partial charge in [0.1, 0.15) is 0 Å². The SMILES string of the molecule is CC(O)CC(C)CNC(=O)C(=O)Nc1cc(Cl)cc(Cl)c1. The second-order valence-electron chi connectivity index (χ2n) is 5.01. The van der Waals surface area contributed by atoms with Gasteiger partial charge in [-0.3, -0.25) is 9.59 Å². The third-order valence-electron chi connectivity index (χ3n) is 2.68. The Hall–Kier alpha value is -1.30. The highest BCUT2D eigenvalue weighted by Crippen LogP contribution is 2.22. The number of anilines is 1. The predicted molar refractivity (Wildman–Crippen MR) is 83.6 cm³/mol. The average molecular weight is 333 g/mol. The molecule has 0 aromatic heterocycles. The Kier molecular flexibility index (Phi) is 6.95. The van der Waals surface area contributed by atoms with Crippen molar-refractivity contribution in [1.82, 2.24) is 5.32 Å². The maximum Gasteiger partial charge on any atom is 0.313 e. The van der Waals surface area contributed by atoms with Crippen LogP contribution in [0.2, 0.25) is 10.0 Å². The topological polar surface area (TPSA) is 78.4 Å². The van der Waals surface area contributed by atoms with E-state index in [0.717, 1.165) is 0 Å². The summed E-state index contributed by atoms with van der Waals surface area (Å²) < 4.78 is 0. The molecule has 0 spiro atoms. The number of aliphatic hydroxyl groups is 1. The van der Waals surface area contributed by atoms with E-state index in [0.29, 0.717) is 28.7 Å². The van der Waals surface area contributed by atoms with Crippen LogP contribution in [0.15, 0.2) is 18.2 Å². The number of halogens is 2. The monoisotopic (exact) mass is 332 g/mol. The first-order chi connectivity index (χ1) is 9.77. The summed E-state index contributed by atoms with van der Waals surface area (Å²) in [7, 11) is 0. The molecule has 7 heteroatoms. The fraction of sp³-hybridized carbons (Fsp3) is 0.429. The molecule has 2 amide bonds. The molecule has 0 radical (unpaired) electrons. The lowest BCUT2D eigenvalue weighted by atomic mass is 10.0. The zero-order valence-electron chi connectivity index (χ0n) is 11.8. The molecule has 1 aromatic carbocycles. The lowest BCUT2D eigenvalue weighted by Gasteiger charge is -2.14. The molecule has 1 aromatic rings. The van der Waals surface area contributed by atoms with Gasteiger partial charge in [-0.2, -0.15) is 0 Å². The van der Waals surface area contributed by atoms with E-state index < -0.39 is 17.9 Å². The summed E-state index contributed by atoms with van der Waals surface area (Å²) in [5.41, 5.74) is 0.352. The van der Waals surface area contributed by atoms with E-state index in [-0.39, 0.29) is 5.92 Å². The number of hydrogen-bond donors (Lipinski definition) is 3. The summed E-state index contributed by atoms with van der Waals surface area (Å²) >= 11 is 11.6. The van der Waals surface area contributed by atoms with Crippen LogP contribution >= 0.6 is 23.2 Å². The molecule has 0 bridgehead atoms. The van der Waals surface area contributed by atoms with Gasteiger partial charge in [-0.15, -0.1) is 0 Å². The minimum absolute atomic E-state index is 0.0716. The van der Waals surface area contributed by atoms with Crippen LogP contribution in [0.25, 0.3) is 0 Å². The number of benzene rings is 1. The van der Waals surface area contributed by atoms with Crippen molar-refractivity contribution in [2.75, 3.05) is 11.9 Å². The quantitative estimate of drug-likeness (QED) is 0.724. The normalized spacial score (nSPS) is 13.4. The number of carbonyl (C=O) groups is 2. The largest absolute Gasteiger partial charge is 0.393 e. The minimum atomic E-state index is -0.794. The van der Waals surface area contributed by atoms with Crippen LogP contribution < -0.4 is 10.6 Å². The Morgan fingerprint density at radius 1 is 1.14 bits per heavy atom. The minimum Gasteiger partial charge on any atom is -0.393 e. The fourth-order valence-electron chi connectivity index (χ4n) is 1.83. The van der Waals surface area contributed by atoms with Gasteiger partial charge in [-0.25, -0.2) is 0 Å². The first-order valence-electron chi connectivity index (χ1n) is 6.51. The zero-order valence-corrected chi connectivity index (χ0v) is 13.3. The van der Waals surface area contributed by atoms with Gasteiger partial charge in [0.2, 0.25) is 0 Å². The third-order valence-corrected chi connectivity index (χ3v) is 3.12. The highest BCUT2D eigenvalue weighted by Gasteiger charge is 2.15. The molecule has 0 fully saturated rings. The van der Waals surface area contributed by atoms with Crippen LogP contribution in [0.4, 0.5) is 5.69 Å². The van der Waals surface area contributed by atoms with Crippen molar-refractivity contribution in [3.63, 3.8) is 0 Å². The Bertz CT molecular complexity index is 501. The molecule has 3 N–H and O–H groups in total. The standard InChI is InChI=1S/C14H18Cl2N2O3/c1-8(3-9(2)19)7-17-13(20)14(21)18-12-5-10(15)4-11(16)6-12/h4-6,8-9,19H,3,7H2,1-2H3,(H,17,20)(H,18,21). The summed E-state index contributed by atoms with van der Waals surface area (Å²) in [4.78, 5) is 23.4. The van der Waals surface area contributed by atoms with E-state index >= 15 is 0 Å². The van der Waals surface area contributed by atoms with Crippen LogP contribution in [0.5, 0.6) is 0 Å². The molecule has 0 aliphatic rings. The second-order valence-corrected chi connectivity index (χ2v) is 5.89. The Morgan fingerprint density at radius 2 is 1.71 bits per heavy atom. The van der Waals surface area contributed by atoms with Crippen molar-refractivity contribution in [1.29, 1.82) is 0 Å². The van der Waals surface area contributed by atoms with E-state index in [1.807, 2.05) is 6.92 Å². The van der Waals surface area contributed by atoms with Crippen LogP contribution in [0.3, 0.4) is 0 Å². The average Bonchev–Trinajstić information content (AvgIpc) is 2.33. The smallest absolute Gasteiger partial charge is 0.313 e. The van der Waals surface area contributed by atoms with Gasteiger partial charge in [-0.1, -0.05) is 30.1 Å². The number of amides is 2. The van der Waals surface area contributed by atoms with E-state index in [9.17, 15) is 14.7 Å². The van der Waals surface area contributed by atoms with Crippen LogP contribution in [0, 0.1) is 5.92 Å². The van der Waals surface area contributed by atoms with Crippen molar-refractivity contribution < 1.29 is 14.7 Å². The van der Waals surface area contributed by atoms with Gasteiger partial charge in [-0.05, 0) is 37.5 Å². The van der Waals surface area contributed by atoms with Gasteiger partial charge in [0, 0.05) is 22.3 Å². The van der Waals surface area contributed by atoms with Crippen molar-refractivity contribution in [3.05, 3.63) is 28.2 Å². The molecule has 2 atom stereocenters. The van der Waals surface area contributed by atoms with E-state index in [4.69, 9.17) is 23.2 Å². The van der Waals surface area contributed by atoms with Gasteiger partial charge in [0.25, 0.3) is 0 Å². The molecule has 0 saturated heterocycles. The van der Waals surface area contributed by atoms with E-state index in [1.54, 1.807) is 6.92 Å². The summed E-state index contributed by atoms with van der Waals surface area (Å²) in [6, 6.07) is 4.51. The predicted octanol–water partition coefficient (Wildman–Crippen LogP) is 2.46. The molecule has 2 unspecified atom stereocenters. The van der Waals surface area contributed by atoms with Crippen molar-refractivity contribution >= 4 is 40.7 Å². The maximum atomic E-state index is 11.7. The molecule has 0 aliphatic heterocycles. The summed E-state index contributed by atoms with van der Waals surface area (Å²) in [6.45, 7) is 3.86. The lowest BCUT2D eigenvalue weighted by Crippen LogP contribution is -2.38. The van der Waals surface area contributed by atoms with E-state index in [2.05, 4.69) is 10.6 Å². The highest BCUT2D eigenvalue weighted by atomic mass is 35.5. The molecular weight excluding hydrogens is 315 g/mol. The van der Waals surface area contributed by atoms with Crippen LogP contribution in [0.1, 0.15) is 20.3 Å². The Morgan fingerprint density at radius 3 is 2.24 bits per heavy atom. The van der Waals surface area contributed by atoms with E-state index in [1.165, 1.54) is 18.2 Å². The van der Waals surface area contributed by atoms with Crippen molar-refractivity contribution in [2.45, 2.75) is 26.4 Å². The Labute approximate surface area is 133 Å². The molecule has 116 valence electrons. The fourth-order valence-corrected chi connectivity index (χ4v) is 2.35. The maximum absolute atomic E-state index is 11.7. The summed E-state index contributed by atoms with van der Waals surface area (Å²) in [5, 5.41) is 14.9. The lowest BCUT2D eigenvalue weighted by molar-refractivity contribution is -0.136. The first kappa shape index (κ1) is 17.8. The molecule has 0 heterocycles. The molecule has 21 heavy (non-hydrogen) atoms. The Balaban J connectivity index is 2.49. The second kappa shape index (κ2) is 8.22. The third kappa shape index (κ3) is 6.80. The highest BCUT2D eigenvalue weighted by molar-refractivity contribution is 6.40. The number of aliphatic hydroxyl groups excluding tert-OH is 1. The molecule has 1 rings (SSSR count). The molecular formula is C14H18Cl2N2O3. The number of hydrogen-bond acceptors (Lipinski definition) is 3. The van der Waals surface area contributed by atoms with Gasteiger partial charge in [0.15, 0.2) is 0 Å². The van der Waals surface area contributed by atoms with Crippen molar-refractivity contribution in [2.24, 2.45) is 5.92 Å². The molecule has 5 nitrogen and oxygen atoms in total. The number of rotatable bonds is 5. The van der Waals surface area contributed by atoms with Gasteiger partial charge < -0.3 is 15.7 Å². The number of carbonyl (C=O) groups excluding carboxylic acids is 2. The van der Waals surface area contributed by atoms with Gasteiger partial charge in [0.05, 0.1) is 6.10 Å². The van der Waals surface area contributed by atoms with Gasteiger partial charge >= 0.3 is 11.8 Å². The summed E-state index contributed by atoms with van der Waals surface area (Å²) in [5.74, 6) is -1.47. The van der Waals surface area contributed by atoms with Crippen LogP contribution in [-0.4, -0.2) is 29.6 Å².